The van der Waals surface area contributed by atoms with Gasteiger partial charge < -0.3 is 10.2 Å². The van der Waals surface area contributed by atoms with Crippen molar-refractivity contribution >= 4 is 17.4 Å². The predicted octanol–water partition coefficient (Wildman–Crippen LogP) is 0.669. The molecule has 0 saturated carbocycles. The van der Waals surface area contributed by atoms with Crippen LogP contribution < -0.4 is 5.32 Å². The maximum atomic E-state index is 12.2. The van der Waals surface area contributed by atoms with Crippen molar-refractivity contribution in [3.63, 3.8) is 0 Å². The summed E-state index contributed by atoms with van der Waals surface area (Å²) in [7, 11) is 0. The molecule has 0 aliphatic carbocycles. The fourth-order valence-electron chi connectivity index (χ4n) is 2.06. The Morgan fingerprint density at radius 1 is 1.44 bits per heavy atom. The van der Waals surface area contributed by atoms with E-state index in [0.29, 0.717) is 17.0 Å². The Bertz CT molecular complexity index is 382. The Balaban J connectivity index is 2.13. The zero-order valence-electron chi connectivity index (χ0n) is 9.73. The number of piperazine rings is 1. The summed E-state index contributed by atoms with van der Waals surface area (Å²) in [4.78, 5) is 14.8. The van der Waals surface area contributed by atoms with Gasteiger partial charge in [-0.05, 0) is 32.3 Å². The van der Waals surface area contributed by atoms with E-state index in [4.69, 9.17) is 0 Å². The molecule has 1 amide bonds. The van der Waals surface area contributed by atoms with E-state index in [1.54, 1.807) is 0 Å². The van der Waals surface area contributed by atoms with Crippen LogP contribution >= 0.6 is 11.5 Å². The molecule has 1 aromatic heterocycles. The predicted molar refractivity (Wildman–Crippen MR) is 62.6 cm³/mol. The fraction of sp³-hybridized carbons (Fsp3) is 0.700. The second kappa shape index (κ2) is 4.47. The third-order valence-electron chi connectivity index (χ3n) is 2.69. The van der Waals surface area contributed by atoms with Crippen molar-refractivity contribution in [3.05, 3.63) is 10.6 Å². The van der Waals surface area contributed by atoms with E-state index in [1.807, 2.05) is 11.8 Å². The third-order valence-corrected chi connectivity index (χ3v) is 3.51. The Labute approximate surface area is 99.0 Å². The maximum Gasteiger partial charge on any atom is 0.267 e. The van der Waals surface area contributed by atoms with Crippen LogP contribution in [0.3, 0.4) is 0 Å². The Morgan fingerprint density at radius 3 is 2.56 bits per heavy atom. The number of hydrogen-bond donors (Lipinski definition) is 1. The molecule has 2 unspecified atom stereocenters. The van der Waals surface area contributed by atoms with Crippen LogP contribution in [0.25, 0.3) is 0 Å². The number of nitrogens with one attached hydrogen (secondary N) is 1. The van der Waals surface area contributed by atoms with Crippen LogP contribution in [0.4, 0.5) is 0 Å². The van der Waals surface area contributed by atoms with Crippen molar-refractivity contribution in [1.29, 1.82) is 0 Å². The minimum Gasteiger partial charge on any atom is -0.335 e. The van der Waals surface area contributed by atoms with E-state index >= 15 is 0 Å². The monoisotopic (exact) mass is 240 g/mol. The Morgan fingerprint density at radius 2 is 2.06 bits per heavy atom. The second-order valence-corrected chi connectivity index (χ2v) is 5.12. The molecule has 1 saturated heterocycles. The van der Waals surface area contributed by atoms with E-state index in [9.17, 15) is 4.79 Å². The van der Waals surface area contributed by atoms with Gasteiger partial charge in [0.1, 0.15) is 4.88 Å². The van der Waals surface area contributed by atoms with Gasteiger partial charge in [-0.1, -0.05) is 4.49 Å². The van der Waals surface area contributed by atoms with Gasteiger partial charge in [-0.25, -0.2) is 0 Å². The van der Waals surface area contributed by atoms with E-state index in [1.165, 1.54) is 11.5 Å². The minimum atomic E-state index is 0.0627. The molecule has 1 fully saturated rings. The van der Waals surface area contributed by atoms with Gasteiger partial charge in [0.2, 0.25) is 0 Å². The van der Waals surface area contributed by atoms with Gasteiger partial charge in [0.25, 0.3) is 5.91 Å². The van der Waals surface area contributed by atoms with Gasteiger partial charge in [0.05, 0.1) is 5.69 Å². The second-order valence-electron chi connectivity index (χ2n) is 4.37. The van der Waals surface area contributed by atoms with Crippen molar-refractivity contribution in [3.8, 4) is 0 Å². The lowest BCUT2D eigenvalue weighted by Gasteiger charge is -2.35. The number of carbonyl (C=O) groups excluding carboxylic acids is 1. The first-order chi connectivity index (χ1) is 7.58. The van der Waals surface area contributed by atoms with Gasteiger partial charge in [-0.15, -0.1) is 5.10 Å². The van der Waals surface area contributed by atoms with Crippen molar-refractivity contribution in [2.24, 2.45) is 0 Å². The van der Waals surface area contributed by atoms with E-state index in [2.05, 4.69) is 28.8 Å². The van der Waals surface area contributed by atoms with E-state index < -0.39 is 0 Å². The van der Waals surface area contributed by atoms with Crippen molar-refractivity contribution in [1.82, 2.24) is 19.8 Å². The van der Waals surface area contributed by atoms with Crippen LogP contribution in [0.15, 0.2) is 0 Å². The summed E-state index contributed by atoms with van der Waals surface area (Å²) in [5.41, 5.74) is 0.730. The zero-order valence-corrected chi connectivity index (χ0v) is 10.5. The molecule has 1 aliphatic rings. The molecule has 0 spiro atoms. The molecule has 2 atom stereocenters. The van der Waals surface area contributed by atoms with Crippen LogP contribution in [0.2, 0.25) is 0 Å². The fourth-order valence-corrected chi connectivity index (χ4v) is 2.69. The molecule has 16 heavy (non-hydrogen) atoms. The van der Waals surface area contributed by atoms with Crippen LogP contribution in [0, 0.1) is 6.92 Å². The smallest absolute Gasteiger partial charge is 0.267 e. The molecule has 1 N–H and O–H groups in total. The summed E-state index contributed by atoms with van der Waals surface area (Å²) in [6.45, 7) is 7.51. The van der Waals surface area contributed by atoms with Crippen LogP contribution in [-0.2, 0) is 0 Å². The highest BCUT2D eigenvalue weighted by molar-refractivity contribution is 7.07. The average molecular weight is 240 g/mol. The summed E-state index contributed by atoms with van der Waals surface area (Å²) >= 11 is 1.18. The summed E-state index contributed by atoms with van der Waals surface area (Å²) in [5.74, 6) is 0.0627. The largest absolute Gasteiger partial charge is 0.335 e. The quantitative estimate of drug-likeness (QED) is 0.784. The van der Waals surface area contributed by atoms with Gasteiger partial charge in [-0.2, -0.15) is 0 Å². The lowest BCUT2D eigenvalue weighted by Crippen LogP contribution is -2.55. The number of aromatic nitrogens is 2. The number of amides is 1. The summed E-state index contributed by atoms with van der Waals surface area (Å²) in [6.07, 6.45) is 0. The zero-order chi connectivity index (χ0) is 11.7. The molecule has 0 radical (unpaired) electrons. The SMILES string of the molecule is Cc1nnsc1C(=O)N1CC(C)NC(C)C1. The first-order valence-electron chi connectivity index (χ1n) is 5.42. The topological polar surface area (TPSA) is 58.1 Å². The molecule has 5 nitrogen and oxygen atoms in total. The molecule has 88 valence electrons. The normalized spacial score (nSPS) is 25.8. The van der Waals surface area contributed by atoms with Gasteiger partial charge in [-0.3, -0.25) is 4.79 Å². The summed E-state index contributed by atoms with van der Waals surface area (Å²) in [6, 6.07) is 0.683. The van der Waals surface area contributed by atoms with E-state index in [-0.39, 0.29) is 5.91 Å². The standard InChI is InChI=1S/C10H16N4OS/c1-6-4-14(5-7(2)11-6)10(15)9-8(3)12-13-16-9/h6-7,11H,4-5H2,1-3H3. The third kappa shape index (κ3) is 2.22. The first kappa shape index (κ1) is 11.5. The average Bonchev–Trinajstić information content (AvgIpc) is 2.62. The van der Waals surface area contributed by atoms with Crippen molar-refractivity contribution in [2.75, 3.05) is 13.1 Å². The highest BCUT2D eigenvalue weighted by atomic mass is 32.1. The van der Waals surface area contributed by atoms with Crippen LogP contribution in [0.1, 0.15) is 29.2 Å². The van der Waals surface area contributed by atoms with Gasteiger partial charge >= 0.3 is 0 Å². The van der Waals surface area contributed by atoms with Crippen molar-refractivity contribution in [2.45, 2.75) is 32.9 Å². The molecule has 6 heteroatoms. The number of carbonyl (C=O) groups is 1. The lowest BCUT2D eigenvalue weighted by atomic mass is 10.1. The van der Waals surface area contributed by atoms with E-state index in [0.717, 1.165) is 18.8 Å². The minimum absolute atomic E-state index is 0.0627. The highest BCUT2D eigenvalue weighted by Gasteiger charge is 2.27. The molecular weight excluding hydrogens is 224 g/mol. The Hall–Kier alpha value is -1.01. The highest BCUT2D eigenvalue weighted by Crippen LogP contribution is 2.15. The van der Waals surface area contributed by atoms with Crippen molar-refractivity contribution < 1.29 is 4.79 Å². The maximum absolute atomic E-state index is 12.2. The first-order valence-corrected chi connectivity index (χ1v) is 6.19. The number of rotatable bonds is 1. The lowest BCUT2D eigenvalue weighted by molar-refractivity contribution is 0.0678. The molecular formula is C10H16N4OS. The van der Waals surface area contributed by atoms with Crippen LogP contribution in [-0.4, -0.2) is 45.6 Å². The summed E-state index contributed by atoms with van der Waals surface area (Å²) in [5, 5.41) is 7.28. The molecule has 0 bridgehead atoms. The van der Waals surface area contributed by atoms with Crippen LogP contribution in [0.5, 0.6) is 0 Å². The summed E-state index contributed by atoms with van der Waals surface area (Å²) < 4.78 is 3.80. The number of hydrogen-bond acceptors (Lipinski definition) is 5. The molecule has 2 rings (SSSR count). The molecule has 0 aromatic carbocycles. The van der Waals surface area contributed by atoms with Gasteiger partial charge in [0, 0.05) is 25.2 Å². The number of nitrogens with zero attached hydrogens (tertiary/aromatic N) is 3. The molecule has 1 aromatic rings. The molecule has 2 heterocycles. The molecule has 1 aliphatic heterocycles. The number of aryl methyl sites for hydroxylation is 1. The Kier molecular flexibility index (Phi) is 3.20. The van der Waals surface area contributed by atoms with Gasteiger partial charge in [0.15, 0.2) is 0 Å².